The van der Waals surface area contributed by atoms with Crippen molar-refractivity contribution < 1.29 is 5.11 Å². The van der Waals surface area contributed by atoms with Gasteiger partial charge in [0.05, 0.1) is 6.10 Å². The molecule has 0 aliphatic carbocycles. The van der Waals surface area contributed by atoms with Crippen LogP contribution in [0.2, 0.25) is 0 Å². The summed E-state index contributed by atoms with van der Waals surface area (Å²) in [6.07, 6.45) is 4.31. The van der Waals surface area contributed by atoms with Gasteiger partial charge in [0.25, 0.3) is 0 Å². The molecule has 0 unspecified atom stereocenters. The van der Waals surface area contributed by atoms with Gasteiger partial charge < -0.3 is 15.7 Å². The average molecular weight is 224 g/mol. The molecule has 0 spiro atoms. The van der Waals surface area contributed by atoms with Crippen LogP contribution >= 0.6 is 0 Å². The highest BCUT2D eigenvalue weighted by molar-refractivity contribution is 5.24. The summed E-state index contributed by atoms with van der Waals surface area (Å²) in [5.41, 5.74) is 1.02. The lowest BCUT2D eigenvalue weighted by Crippen LogP contribution is -2.24. The highest BCUT2D eigenvalue weighted by atomic mass is 16.3. The van der Waals surface area contributed by atoms with E-state index in [-0.39, 0.29) is 6.10 Å². The summed E-state index contributed by atoms with van der Waals surface area (Å²) in [6.45, 7) is 6.00. The Hall–Kier alpha value is -1.20. The Balaban J connectivity index is 2.33. The number of aliphatic hydroxyl groups is 1. The molecule has 0 bridgehead atoms. The number of nitrogens with zero attached hydrogens (tertiary/aromatic N) is 2. The zero-order valence-corrected chi connectivity index (χ0v) is 9.90. The second-order valence-electron chi connectivity index (χ2n) is 3.82. The predicted molar refractivity (Wildman–Crippen MR) is 64.2 cm³/mol. The molecular formula is C11H20N4O. The lowest BCUT2D eigenvalue weighted by molar-refractivity contribution is 0.191. The van der Waals surface area contributed by atoms with Crippen LogP contribution in [0.25, 0.3) is 0 Å². The van der Waals surface area contributed by atoms with E-state index < -0.39 is 0 Å². The Morgan fingerprint density at radius 2 is 2.06 bits per heavy atom. The monoisotopic (exact) mass is 224 g/mol. The van der Waals surface area contributed by atoms with Crippen molar-refractivity contribution in [2.45, 2.75) is 32.9 Å². The summed E-state index contributed by atoms with van der Waals surface area (Å²) >= 11 is 0. The SMILES string of the molecule is CCCNc1ncc(CNC[C@@H](C)O)cn1. The van der Waals surface area contributed by atoms with Gasteiger partial charge in [-0.15, -0.1) is 0 Å². The van der Waals surface area contributed by atoms with Crippen molar-refractivity contribution in [2.24, 2.45) is 0 Å². The molecule has 0 saturated heterocycles. The second kappa shape index (κ2) is 7.14. The van der Waals surface area contributed by atoms with E-state index in [4.69, 9.17) is 5.11 Å². The fourth-order valence-electron chi connectivity index (χ4n) is 1.20. The number of hydrogen-bond acceptors (Lipinski definition) is 5. The fraction of sp³-hybridized carbons (Fsp3) is 0.636. The van der Waals surface area contributed by atoms with E-state index in [2.05, 4.69) is 27.5 Å². The number of aliphatic hydroxyl groups excluding tert-OH is 1. The minimum Gasteiger partial charge on any atom is -0.392 e. The summed E-state index contributed by atoms with van der Waals surface area (Å²) in [5.74, 6) is 0.668. The molecule has 0 aliphatic heterocycles. The molecular weight excluding hydrogens is 204 g/mol. The number of rotatable bonds is 7. The van der Waals surface area contributed by atoms with Crippen LogP contribution in [0.1, 0.15) is 25.8 Å². The van der Waals surface area contributed by atoms with Gasteiger partial charge in [0.1, 0.15) is 0 Å². The Kier molecular flexibility index (Phi) is 5.74. The first kappa shape index (κ1) is 12.9. The molecule has 1 atom stereocenters. The van der Waals surface area contributed by atoms with Crippen LogP contribution in [0.3, 0.4) is 0 Å². The molecule has 0 aliphatic rings. The predicted octanol–water partition coefficient (Wildman–Crippen LogP) is 0.769. The van der Waals surface area contributed by atoms with Crippen LogP contribution in [0, 0.1) is 0 Å². The van der Waals surface area contributed by atoms with Gasteiger partial charge in [-0.05, 0) is 13.3 Å². The van der Waals surface area contributed by atoms with E-state index in [0.29, 0.717) is 19.0 Å². The summed E-state index contributed by atoms with van der Waals surface area (Å²) in [7, 11) is 0. The van der Waals surface area contributed by atoms with Gasteiger partial charge in [0.15, 0.2) is 0 Å². The van der Waals surface area contributed by atoms with Crippen molar-refractivity contribution in [2.75, 3.05) is 18.4 Å². The van der Waals surface area contributed by atoms with E-state index in [0.717, 1.165) is 18.5 Å². The average Bonchev–Trinajstić information content (AvgIpc) is 2.27. The molecule has 1 rings (SSSR count). The zero-order valence-electron chi connectivity index (χ0n) is 9.90. The third kappa shape index (κ3) is 5.04. The van der Waals surface area contributed by atoms with Crippen molar-refractivity contribution in [3.05, 3.63) is 18.0 Å². The molecule has 5 nitrogen and oxygen atoms in total. The topological polar surface area (TPSA) is 70.1 Å². The molecule has 0 radical (unpaired) electrons. The van der Waals surface area contributed by atoms with Crippen LogP contribution in [0.15, 0.2) is 12.4 Å². The Morgan fingerprint density at radius 3 is 2.62 bits per heavy atom. The third-order valence-electron chi connectivity index (χ3n) is 2.01. The number of anilines is 1. The maximum absolute atomic E-state index is 9.07. The normalized spacial score (nSPS) is 12.4. The Labute approximate surface area is 96.3 Å². The van der Waals surface area contributed by atoms with E-state index in [9.17, 15) is 0 Å². The van der Waals surface area contributed by atoms with Crippen LogP contribution in [-0.2, 0) is 6.54 Å². The fourth-order valence-corrected chi connectivity index (χ4v) is 1.20. The summed E-state index contributed by atoms with van der Waals surface area (Å²) < 4.78 is 0. The Bertz CT molecular complexity index is 287. The maximum atomic E-state index is 9.07. The standard InChI is InChI=1S/C11H20N4O/c1-3-4-13-11-14-7-10(8-15-11)6-12-5-9(2)16/h7-9,12,16H,3-6H2,1-2H3,(H,13,14,15)/t9-/m1/s1. The molecule has 90 valence electrons. The van der Waals surface area contributed by atoms with E-state index in [1.807, 2.05) is 0 Å². The van der Waals surface area contributed by atoms with Gasteiger partial charge in [0, 0.05) is 37.6 Å². The molecule has 0 amide bonds. The van der Waals surface area contributed by atoms with E-state index in [1.54, 1.807) is 19.3 Å². The first-order valence-corrected chi connectivity index (χ1v) is 5.66. The van der Waals surface area contributed by atoms with Crippen LogP contribution in [0.4, 0.5) is 5.95 Å². The molecule has 16 heavy (non-hydrogen) atoms. The van der Waals surface area contributed by atoms with Crippen LogP contribution < -0.4 is 10.6 Å². The molecule has 1 aromatic rings. The first-order valence-electron chi connectivity index (χ1n) is 5.66. The number of nitrogens with one attached hydrogen (secondary N) is 2. The van der Waals surface area contributed by atoms with Gasteiger partial charge >= 0.3 is 0 Å². The van der Waals surface area contributed by atoms with Crippen molar-refractivity contribution >= 4 is 5.95 Å². The number of aromatic nitrogens is 2. The van der Waals surface area contributed by atoms with Crippen molar-refractivity contribution in [3.8, 4) is 0 Å². The lowest BCUT2D eigenvalue weighted by Gasteiger charge is -2.07. The van der Waals surface area contributed by atoms with Gasteiger partial charge in [-0.25, -0.2) is 9.97 Å². The zero-order chi connectivity index (χ0) is 11.8. The van der Waals surface area contributed by atoms with Gasteiger partial charge in [-0.3, -0.25) is 0 Å². The molecule has 1 aromatic heterocycles. The highest BCUT2D eigenvalue weighted by Crippen LogP contribution is 2.00. The molecule has 1 heterocycles. The minimum atomic E-state index is -0.327. The largest absolute Gasteiger partial charge is 0.392 e. The van der Waals surface area contributed by atoms with Crippen molar-refractivity contribution in [1.29, 1.82) is 0 Å². The molecule has 0 aromatic carbocycles. The summed E-state index contributed by atoms with van der Waals surface area (Å²) in [6, 6.07) is 0. The van der Waals surface area contributed by atoms with Gasteiger partial charge in [0.2, 0.25) is 5.95 Å². The highest BCUT2D eigenvalue weighted by Gasteiger charge is 1.98. The molecule has 5 heteroatoms. The second-order valence-corrected chi connectivity index (χ2v) is 3.82. The molecule has 0 saturated carbocycles. The van der Waals surface area contributed by atoms with Gasteiger partial charge in [-0.2, -0.15) is 0 Å². The van der Waals surface area contributed by atoms with Crippen LogP contribution in [0.5, 0.6) is 0 Å². The van der Waals surface area contributed by atoms with Crippen molar-refractivity contribution in [3.63, 3.8) is 0 Å². The first-order chi connectivity index (χ1) is 7.72. The van der Waals surface area contributed by atoms with Gasteiger partial charge in [-0.1, -0.05) is 6.92 Å². The lowest BCUT2D eigenvalue weighted by atomic mass is 10.3. The molecule has 0 fully saturated rings. The number of hydrogen-bond donors (Lipinski definition) is 3. The smallest absolute Gasteiger partial charge is 0.222 e. The quantitative estimate of drug-likeness (QED) is 0.638. The van der Waals surface area contributed by atoms with E-state index >= 15 is 0 Å². The van der Waals surface area contributed by atoms with E-state index in [1.165, 1.54) is 0 Å². The third-order valence-corrected chi connectivity index (χ3v) is 2.01. The Morgan fingerprint density at radius 1 is 1.38 bits per heavy atom. The maximum Gasteiger partial charge on any atom is 0.222 e. The minimum absolute atomic E-state index is 0.327. The summed E-state index contributed by atoms with van der Waals surface area (Å²) in [4.78, 5) is 8.38. The summed E-state index contributed by atoms with van der Waals surface area (Å²) in [5, 5.41) is 15.3. The molecule has 3 N–H and O–H groups in total. The van der Waals surface area contributed by atoms with Crippen molar-refractivity contribution in [1.82, 2.24) is 15.3 Å². The van der Waals surface area contributed by atoms with Crippen LogP contribution in [-0.4, -0.2) is 34.3 Å².